The fraction of sp³-hybridized carbons (Fsp3) is 0.368. The second kappa shape index (κ2) is 8.50. The molecule has 1 heterocycles. The molecule has 0 fully saturated rings. The lowest BCUT2D eigenvalue weighted by molar-refractivity contribution is -0.118. The first-order valence-electron chi connectivity index (χ1n) is 8.63. The van der Waals surface area contributed by atoms with Gasteiger partial charge in [0.05, 0.1) is 10.6 Å². The molecule has 0 saturated carbocycles. The summed E-state index contributed by atoms with van der Waals surface area (Å²) in [5.74, 6) is 0.423. The Morgan fingerprint density at radius 1 is 1.33 bits per heavy atom. The number of ether oxygens (including phenoxy) is 1. The van der Waals surface area contributed by atoms with Gasteiger partial charge in [0.2, 0.25) is 0 Å². The molecule has 1 unspecified atom stereocenters. The Morgan fingerprint density at radius 3 is 2.81 bits per heavy atom. The standard InChI is InChI=1S/C19H20Cl2N2O3S/c1-10-3-5-12-15(7-10)27-19(17(12)18(25)22-2)23-16(24)9-26-14-6-4-11(20)8-13(14)21/h4,6,8,10H,3,5,7,9H2,1-2H3,(H,22,25)(H,23,24). The Kier molecular flexibility index (Phi) is 6.29. The topological polar surface area (TPSA) is 67.4 Å². The van der Waals surface area contributed by atoms with Crippen molar-refractivity contribution >= 4 is 51.4 Å². The number of hydrogen-bond acceptors (Lipinski definition) is 4. The van der Waals surface area contributed by atoms with Crippen molar-refractivity contribution in [3.8, 4) is 5.75 Å². The van der Waals surface area contributed by atoms with E-state index in [4.69, 9.17) is 27.9 Å². The van der Waals surface area contributed by atoms with E-state index in [0.29, 0.717) is 32.3 Å². The van der Waals surface area contributed by atoms with Gasteiger partial charge in [0.1, 0.15) is 10.8 Å². The van der Waals surface area contributed by atoms with Crippen LogP contribution in [0.25, 0.3) is 0 Å². The second-order valence-electron chi connectivity index (χ2n) is 6.55. The van der Waals surface area contributed by atoms with Crippen LogP contribution in [0.2, 0.25) is 10.0 Å². The Labute approximate surface area is 172 Å². The van der Waals surface area contributed by atoms with Gasteiger partial charge in [-0.25, -0.2) is 0 Å². The third kappa shape index (κ3) is 4.57. The van der Waals surface area contributed by atoms with Gasteiger partial charge in [-0.15, -0.1) is 11.3 Å². The van der Waals surface area contributed by atoms with Crippen LogP contribution in [-0.2, 0) is 17.6 Å². The number of nitrogens with one attached hydrogen (secondary N) is 2. The molecular weight excluding hydrogens is 407 g/mol. The molecule has 3 rings (SSSR count). The van der Waals surface area contributed by atoms with Crippen molar-refractivity contribution in [2.75, 3.05) is 19.0 Å². The summed E-state index contributed by atoms with van der Waals surface area (Å²) in [4.78, 5) is 25.9. The number of halogens is 2. The lowest BCUT2D eigenvalue weighted by atomic mass is 9.88. The minimum absolute atomic E-state index is 0.181. The van der Waals surface area contributed by atoms with Gasteiger partial charge >= 0.3 is 0 Å². The van der Waals surface area contributed by atoms with E-state index in [1.807, 2.05) is 0 Å². The number of carbonyl (C=O) groups excluding carboxylic acids is 2. The molecular formula is C19H20Cl2N2O3S. The molecule has 0 radical (unpaired) electrons. The van der Waals surface area contributed by atoms with Crippen LogP contribution in [0.15, 0.2) is 18.2 Å². The van der Waals surface area contributed by atoms with E-state index in [0.717, 1.165) is 24.8 Å². The molecule has 1 aromatic heterocycles. The normalized spacial score (nSPS) is 15.8. The van der Waals surface area contributed by atoms with Crippen molar-refractivity contribution < 1.29 is 14.3 Å². The molecule has 0 bridgehead atoms. The maximum absolute atomic E-state index is 12.4. The minimum atomic E-state index is -0.349. The van der Waals surface area contributed by atoms with Crippen LogP contribution in [0.3, 0.4) is 0 Å². The van der Waals surface area contributed by atoms with Crippen molar-refractivity contribution in [2.24, 2.45) is 5.92 Å². The highest BCUT2D eigenvalue weighted by atomic mass is 35.5. The first-order valence-corrected chi connectivity index (χ1v) is 10.2. The maximum atomic E-state index is 12.4. The summed E-state index contributed by atoms with van der Waals surface area (Å²) in [6.45, 7) is 1.98. The zero-order chi connectivity index (χ0) is 19.6. The van der Waals surface area contributed by atoms with Crippen molar-refractivity contribution in [2.45, 2.75) is 26.2 Å². The summed E-state index contributed by atoms with van der Waals surface area (Å²) in [6, 6.07) is 4.80. The molecule has 144 valence electrons. The number of carbonyl (C=O) groups is 2. The number of fused-ring (bicyclic) bond motifs is 1. The predicted octanol–water partition coefficient (Wildman–Crippen LogP) is 4.56. The molecule has 1 atom stereocenters. The number of benzene rings is 1. The van der Waals surface area contributed by atoms with Gasteiger partial charge in [0.15, 0.2) is 6.61 Å². The predicted molar refractivity (Wildman–Crippen MR) is 109 cm³/mol. The fourth-order valence-corrected chi connectivity index (χ4v) is 4.99. The van der Waals surface area contributed by atoms with Crippen LogP contribution in [0.1, 0.15) is 34.1 Å². The lowest BCUT2D eigenvalue weighted by Gasteiger charge is -2.18. The van der Waals surface area contributed by atoms with Gasteiger partial charge in [-0.2, -0.15) is 0 Å². The van der Waals surface area contributed by atoms with Crippen molar-refractivity contribution in [3.05, 3.63) is 44.2 Å². The Morgan fingerprint density at radius 2 is 2.11 bits per heavy atom. The maximum Gasteiger partial charge on any atom is 0.262 e. The summed E-state index contributed by atoms with van der Waals surface area (Å²) >= 11 is 13.4. The smallest absolute Gasteiger partial charge is 0.262 e. The summed E-state index contributed by atoms with van der Waals surface area (Å²) in [5.41, 5.74) is 1.62. The average Bonchev–Trinajstić information content (AvgIpc) is 2.97. The van der Waals surface area contributed by atoms with Crippen LogP contribution in [0, 0.1) is 5.92 Å². The van der Waals surface area contributed by atoms with E-state index in [2.05, 4.69) is 17.6 Å². The number of rotatable bonds is 5. The molecule has 8 heteroatoms. The molecule has 2 aromatic rings. The molecule has 0 aliphatic heterocycles. The van der Waals surface area contributed by atoms with Crippen LogP contribution in [-0.4, -0.2) is 25.5 Å². The summed E-state index contributed by atoms with van der Waals surface area (Å²) < 4.78 is 5.47. The molecule has 5 nitrogen and oxygen atoms in total. The number of amides is 2. The molecule has 1 aliphatic rings. The van der Waals surface area contributed by atoms with Crippen LogP contribution < -0.4 is 15.4 Å². The number of thiophene rings is 1. The summed E-state index contributed by atoms with van der Waals surface area (Å²) in [7, 11) is 1.59. The molecule has 2 N–H and O–H groups in total. The zero-order valence-corrected chi connectivity index (χ0v) is 17.4. The molecule has 2 amide bonds. The van der Waals surface area contributed by atoms with E-state index in [1.54, 1.807) is 25.2 Å². The fourth-order valence-electron chi connectivity index (χ4n) is 3.10. The van der Waals surface area contributed by atoms with Gasteiger partial charge in [0, 0.05) is 16.9 Å². The monoisotopic (exact) mass is 426 g/mol. The number of hydrogen-bond donors (Lipinski definition) is 2. The molecule has 1 aliphatic carbocycles. The Balaban J connectivity index is 1.74. The highest BCUT2D eigenvalue weighted by Crippen LogP contribution is 2.39. The first kappa shape index (κ1) is 20.0. The third-order valence-corrected chi connectivity index (χ3v) is 6.17. The first-order chi connectivity index (χ1) is 12.9. The second-order valence-corrected chi connectivity index (χ2v) is 8.50. The largest absolute Gasteiger partial charge is 0.482 e. The average molecular weight is 427 g/mol. The van der Waals surface area contributed by atoms with E-state index in [-0.39, 0.29) is 18.4 Å². The van der Waals surface area contributed by atoms with Gasteiger partial charge in [-0.1, -0.05) is 30.1 Å². The zero-order valence-electron chi connectivity index (χ0n) is 15.0. The third-order valence-electron chi connectivity index (χ3n) is 4.47. The molecule has 27 heavy (non-hydrogen) atoms. The molecule has 0 saturated heterocycles. The van der Waals surface area contributed by atoms with Crippen molar-refractivity contribution in [1.29, 1.82) is 0 Å². The highest BCUT2D eigenvalue weighted by Gasteiger charge is 2.28. The van der Waals surface area contributed by atoms with E-state index in [9.17, 15) is 9.59 Å². The highest BCUT2D eigenvalue weighted by molar-refractivity contribution is 7.17. The van der Waals surface area contributed by atoms with Crippen LogP contribution >= 0.6 is 34.5 Å². The van der Waals surface area contributed by atoms with E-state index >= 15 is 0 Å². The Hall–Kier alpha value is -1.76. The van der Waals surface area contributed by atoms with Crippen LogP contribution in [0.5, 0.6) is 5.75 Å². The number of anilines is 1. The van der Waals surface area contributed by atoms with Gasteiger partial charge in [-0.3, -0.25) is 9.59 Å². The summed E-state index contributed by atoms with van der Waals surface area (Å²) in [5, 5.41) is 6.89. The summed E-state index contributed by atoms with van der Waals surface area (Å²) in [6.07, 6.45) is 2.82. The Bertz CT molecular complexity index is 882. The molecule has 1 aromatic carbocycles. The quantitative estimate of drug-likeness (QED) is 0.736. The van der Waals surface area contributed by atoms with Crippen LogP contribution in [0.4, 0.5) is 5.00 Å². The molecule has 0 spiro atoms. The van der Waals surface area contributed by atoms with Gasteiger partial charge in [-0.05, 0) is 48.9 Å². The van der Waals surface area contributed by atoms with E-state index in [1.165, 1.54) is 16.2 Å². The minimum Gasteiger partial charge on any atom is -0.482 e. The van der Waals surface area contributed by atoms with Gasteiger partial charge in [0.25, 0.3) is 11.8 Å². The van der Waals surface area contributed by atoms with Crippen molar-refractivity contribution in [3.63, 3.8) is 0 Å². The van der Waals surface area contributed by atoms with Gasteiger partial charge < -0.3 is 15.4 Å². The lowest BCUT2D eigenvalue weighted by Crippen LogP contribution is -2.24. The van der Waals surface area contributed by atoms with Crippen molar-refractivity contribution in [1.82, 2.24) is 5.32 Å². The van der Waals surface area contributed by atoms with E-state index < -0.39 is 0 Å². The SMILES string of the molecule is CNC(=O)c1c(NC(=O)COc2ccc(Cl)cc2Cl)sc2c1CCC(C)C2.